The Morgan fingerprint density at radius 1 is 1.07 bits per heavy atom. The van der Waals surface area contributed by atoms with Gasteiger partial charge in [-0.05, 0) is 31.2 Å². The van der Waals surface area contributed by atoms with E-state index in [1.54, 1.807) is 42.5 Å². The molecular weight excluding hydrogens is 366 g/mol. The standard InChI is InChI=1S/C20H15NO7/c1-11(18(22)21-13-6-7-16-17(9-13)26-10-25-16)27-19(23)14-8-12-4-2-3-5-15(12)28-20(14)24/h2-9,11H,10H2,1H3,(H,21,22)/t11-/m0/s1. The molecule has 1 aliphatic heterocycles. The SMILES string of the molecule is C[C@H](OC(=O)c1cc2ccccc2oc1=O)C(=O)Nc1ccc2c(c1)OCO2. The molecule has 142 valence electrons. The van der Waals surface area contributed by atoms with Crippen molar-refractivity contribution in [1.82, 2.24) is 0 Å². The summed E-state index contributed by atoms with van der Waals surface area (Å²) in [4.78, 5) is 36.7. The molecule has 1 aromatic heterocycles. The molecule has 0 spiro atoms. The summed E-state index contributed by atoms with van der Waals surface area (Å²) in [6, 6.07) is 13.1. The summed E-state index contributed by atoms with van der Waals surface area (Å²) in [5.74, 6) is -0.401. The Morgan fingerprint density at radius 2 is 1.86 bits per heavy atom. The molecule has 8 nitrogen and oxygen atoms in total. The van der Waals surface area contributed by atoms with Gasteiger partial charge in [0.25, 0.3) is 5.91 Å². The van der Waals surface area contributed by atoms with Crippen molar-refractivity contribution < 1.29 is 28.2 Å². The number of anilines is 1. The van der Waals surface area contributed by atoms with Crippen LogP contribution in [0.25, 0.3) is 11.0 Å². The molecule has 1 N–H and O–H groups in total. The van der Waals surface area contributed by atoms with Gasteiger partial charge in [-0.25, -0.2) is 9.59 Å². The number of carbonyl (C=O) groups excluding carboxylic acids is 2. The van der Waals surface area contributed by atoms with Crippen LogP contribution in [0.5, 0.6) is 11.5 Å². The summed E-state index contributed by atoms with van der Waals surface area (Å²) in [5, 5.41) is 3.19. The number of amides is 1. The Hall–Kier alpha value is -3.81. The van der Waals surface area contributed by atoms with Crippen molar-refractivity contribution in [3.05, 3.63) is 64.5 Å². The van der Waals surface area contributed by atoms with Gasteiger partial charge in [0.05, 0.1) is 0 Å². The van der Waals surface area contributed by atoms with Crippen molar-refractivity contribution in [2.45, 2.75) is 13.0 Å². The highest BCUT2D eigenvalue weighted by Gasteiger charge is 2.23. The predicted octanol–water partition coefficient (Wildman–Crippen LogP) is 2.71. The molecule has 1 amide bonds. The maximum atomic E-state index is 12.3. The third-order valence-electron chi connectivity index (χ3n) is 4.15. The Morgan fingerprint density at radius 3 is 2.71 bits per heavy atom. The zero-order valence-corrected chi connectivity index (χ0v) is 14.8. The first-order chi connectivity index (χ1) is 13.5. The topological polar surface area (TPSA) is 104 Å². The molecule has 2 heterocycles. The van der Waals surface area contributed by atoms with Gasteiger partial charge >= 0.3 is 11.6 Å². The van der Waals surface area contributed by atoms with E-state index in [0.717, 1.165) is 0 Å². The number of benzene rings is 2. The minimum Gasteiger partial charge on any atom is -0.454 e. The zero-order chi connectivity index (χ0) is 19.7. The molecule has 4 rings (SSSR count). The van der Waals surface area contributed by atoms with Crippen LogP contribution in [0.3, 0.4) is 0 Å². The molecular formula is C20H15NO7. The first-order valence-electron chi connectivity index (χ1n) is 8.45. The fourth-order valence-electron chi connectivity index (χ4n) is 2.70. The Labute approximate surface area is 158 Å². The lowest BCUT2D eigenvalue weighted by Gasteiger charge is -2.13. The normalized spacial score (nSPS) is 13.2. The lowest BCUT2D eigenvalue weighted by molar-refractivity contribution is -0.123. The van der Waals surface area contributed by atoms with Gasteiger partial charge in [0, 0.05) is 17.1 Å². The fraction of sp³-hybridized carbons (Fsp3) is 0.150. The van der Waals surface area contributed by atoms with Crippen LogP contribution >= 0.6 is 0 Å². The smallest absolute Gasteiger partial charge is 0.351 e. The van der Waals surface area contributed by atoms with Crippen LogP contribution in [0.4, 0.5) is 5.69 Å². The number of para-hydroxylation sites is 1. The number of hydrogen-bond donors (Lipinski definition) is 1. The summed E-state index contributed by atoms with van der Waals surface area (Å²) in [6.45, 7) is 1.53. The van der Waals surface area contributed by atoms with E-state index in [4.69, 9.17) is 18.6 Å². The third-order valence-corrected chi connectivity index (χ3v) is 4.15. The average Bonchev–Trinajstić information content (AvgIpc) is 3.15. The number of carbonyl (C=O) groups is 2. The molecule has 3 aromatic rings. The van der Waals surface area contributed by atoms with Crippen molar-refractivity contribution >= 4 is 28.5 Å². The van der Waals surface area contributed by atoms with Gasteiger partial charge in [0.15, 0.2) is 17.6 Å². The molecule has 0 radical (unpaired) electrons. The molecule has 0 fully saturated rings. The lowest BCUT2D eigenvalue weighted by Crippen LogP contribution is -2.31. The maximum Gasteiger partial charge on any atom is 0.351 e. The molecule has 0 aliphatic carbocycles. The van der Waals surface area contributed by atoms with Gasteiger partial charge in [0.1, 0.15) is 11.1 Å². The van der Waals surface area contributed by atoms with Crippen LogP contribution < -0.4 is 20.4 Å². The van der Waals surface area contributed by atoms with E-state index in [0.29, 0.717) is 28.2 Å². The second-order valence-electron chi connectivity index (χ2n) is 6.09. The van der Waals surface area contributed by atoms with Crippen molar-refractivity contribution in [2.24, 2.45) is 0 Å². The highest BCUT2D eigenvalue weighted by atomic mass is 16.7. The van der Waals surface area contributed by atoms with Gasteiger partial charge in [-0.15, -0.1) is 0 Å². The van der Waals surface area contributed by atoms with E-state index in [9.17, 15) is 14.4 Å². The van der Waals surface area contributed by atoms with Crippen LogP contribution in [0.15, 0.2) is 57.7 Å². The first-order valence-corrected chi connectivity index (χ1v) is 8.45. The van der Waals surface area contributed by atoms with E-state index in [2.05, 4.69) is 5.32 Å². The largest absolute Gasteiger partial charge is 0.454 e. The minimum atomic E-state index is -1.14. The molecule has 28 heavy (non-hydrogen) atoms. The molecule has 1 atom stereocenters. The quantitative estimate of drug-likeness (QED) is 0.547. The van der Waals surface area contributed by atoms with E-state index in [-0.39, 0.29) is 12.4 Å². The van der Waals surface area contributed by atoms with Crippen LogP contribution in [-0.4, -0.2) is 24.8 Å². The Balaban J connectivity index is 1.46. The van der Waals surface area contributed by atoms with Crippen LogP contribution in [0.1, 0.15) is 17.3 Å². The monoisotopic (exact) mass is 381 g/mol. The van der Waals surface area contributed by atoms with Crippen LogP contribution in [0.2, 0.25) is 0 Å². The van der Waals surface area contributed by atoms with Gasteiger partial charge < -0.3 is 23.9 Å². The van der Waals surface area contributed by atoms with Crippen molar-refractivity contribution in [3.8, 4) is 11.5 Å². The molecule has 0 saturated carbocycles. The van der Waals surface area contributed by atoms with Crippen molar-refractivity contribution in [2.75, 3.05) is 12.1 Å². The number of esters is 1. The predicted molar refractivity (Wildman–Crippen MR) is 98.6 cm³/mol. The maximum absolute atomic E-state index is 12.3. The zero-order valence-electron chi connectivity index (χ0n) is 14.8. The molecule has 1 aliphatic rings. The van der Waals surface area contributed by atoms with Crippen molar-refractivity contribution in [3.63, 3.8) is 0 Å². The van der Waals surface area contributed by atoms with E-state index < -0.39 is 23.6 Å². The fourth-order valence-corrected chi connectivity index (χ4v) is 2.70. The molecule has 0 saturated heterocycles. The van der Waals surface area contributed by atoms with E-state index >= 15 is 0 Å². The third kappa shape index (κ3) is 3.39. The molecule has 2 aromatic carbocycles. The molecule has 0 unspecified atom stereocenters. The second-order valence-corrected chi connectivity index (χ2v) is 6.09. The van der Waals surface area contributed by atoms with E-state index in [1.165, 1.54) is 13.0 Å². The number of fused-ring (bicyclic) bond motifs is 2. The number of hydrogen-bond acceptors (Lipinski definition) is 7. The lowest BCUT2D eigenvalue weighted by atomic mass is 10.2. The van der Waals surface area contributed by atoms with Gasteiger partial charge in [-0.1, -0.05) is 18.2 Å². The summed E-state index contributed by atoms with van der Waals surface area (Å²) < 4.78 is 20.7. The first kappa shape index (κ1) is 17.6. The second kappa shape index (κ2) is 7.07. The summed E-state index contributed by atoms with van der Waals surface area (Å²) in [7, 11) is 0. The van der Waals surface area contributed by atoms with Gasteiger partial charge in [-0.2, -0.15) is 0 Å². The highest BCUT2D eigenvalue weighted by molar-refractivity contribution is 5.98. The average molecular weight is 381 g/mol. The number of ether oxygens (including phenoxy) is 3. The number of nitrogens with one attached hydrogen (secondary N) is 1. The Kier molecular flexibility index (Phi) is 4.44. The summed E-state index contributed by atoms with van der Waals surface area (Å²) in [6.07, 6.45) is -1.14. The van der Waals surface area contributed by atoms with Crippen LogP contribution in [0, 0.1) is 0 Å². The highest BCUT2D eigenvalue weighted by Crippen LogP contribution is 2.34. The summed E-state index contributed by atoms with van der Waals surface area (Å²) in [5.41, 5.74) is -0.284. The molecule has 8 heteroatoms. The van der Waals surface area contributed by atoms with Gasteiger partial charge in [-0.3, -0.25) is 4.79 Å². The summed E-state index contributed by atoms with van der Waals surface area (Å²) >= 11 is 0. The number of rotatable bonds is 4. The minimum absolute atomic E-state index is 0.120. The van der Waals surface area contributed by atoms with Gasteiger partial charge in [0.2, 0.25) is 6.79 Å². The van der Waals surface area contributed by atoms with Crippen LogP contribution in [-0.2, 0) is 9.53 Å². The van der Waals surface area contributed by atoms with E-state index in [1.807, 2.05) is 0 Å². The Bertz CT molecular complexity index is 1130. The molecule has 0 bridgehead atoms. The van der Waals surface area contributed by atoms with Crippen molar-refractivity contribution in [1.29, 1.82) is 0 Å².